The summed E-state index contributed by atoms with van der Waals surface area (Å²) in [7, 11) is 1.93. The average Bonchev–Trinajstić information content (AvgIpc) is 3.03. The lowest BCUT2D eigenvalue weighted by Gasteiger charge is -2.25. The number of aromatic nitrogens is 2. The molecule has 1 N–H and O–H groups in total. The Morgan fingerprint density at radius 2 is 2.04 bits per heavy atom. The van der Waals surface area contributed by atoms with E-state index in [4.69, 9.17) is 4.74 Å². The van der Waals surface area contributed by atoms with E-state index in [1.807, 2.05) is 16.6 Å². The normalized spacial score (nSPS) is 26.7. The Balaban J connectivity index is 1.52. The van der Waals surface area contributed by atoms with Crippen molar-refractivity contribution in [3.63, 3.8) is 0 Å². The summed E-state index contributed by atoms with van der Waals surface area (Å²) in [5.41, 5.74) is 2.55. The average molecular weight is 332 g/mol. The molecule has 1 aromatic rings. The lowest BCUT2D eigenvalue weighted by Crippen LogP contribution is -2.37. The number of fused-ring (bicyclic) bond motifs is 1. The van der Waals surface area contributed by atoms with Crippen molar-refractivity contribution < 1.29 is 14.3 Å². The number of alkyl carbamates (subject to hydrolysis) is 1. The molecule has 1 aromatic heterocycles. The van der Waals surface area contributed by atoms with Gasteiger partial charge in [-0.3, -0.25) is 9.48 Å². The molecule has 7 heteroatoms. The van der Waals surface area contributed by atoms with Gasteiger partial charge in [0.15, 0.2) is 5.69 Å². The fraction of sp³-hybridized carbons (Fsp3) is 0.706. The molecule has 7 nitrogen and oxygen atoms in total. The summed E-state index contributed by atoms with van der Waals surface area (Å²) in [6, 6.07) is 0. The van der Waals surface area contributed by atoms with Crippen LogP contribution in [-0.2, 0) is 24.6 Å². The van der Waals surface area contributed by atoms with E-state index in [-0.39, 0.29) is 12.0 Å². The van der Waals surface area contributed by atoms with E-state index < -0.39 is 5.60 Å². The van der Waals surface area contributed by atoms with Gasteiger partial charge in [-0.1, -0.05) is 0 Å². The van der Waals surface area contributed by atoms with E-state index in [1.54, 1.807) is 0 Å². The quantitative estimate of drug-likeness (QED) is 0.843. The number of hydrogen-bond donors (Lipinski definition) is 1. The molecule has 0 radical (unpaired) electrons. The molecule has 0 aromatic carbocycles. The summed E-state index contributed by atoms with van der Waals surface area (Å²) in [6.07, 6.45) is 6.25. The number of likely N-dealkylation sites (tertiary alicyclic amines) is 1. The first kappa shape index (κ1) is 15.5. The molecule has 4 rings (SSSR count). The lowest BCUT2D eigenvalue weighted by atomic mass is 9.95. The fourth-order valence-electron chi connectivity index (χ4n) is 4.25. The molecule has 1 aliphatic carbocycles. The van der Waals surface area contributed by atoms with Gasteiger partial charge in [-0.2, -0.15) is 5.10 Å². The molecule has 2 fully saturated rings. The van der Waals surface area contributed by atoms with E-state index in [9.17, 15) is 9.59 Å². The third-order valence-corrected chi connectivity index (χ3v) is 5.62. The van der Waals surface area contributed by atoms with Crippen LogP contribution in [0.5, 0.6) is 0 Å². The number of nitrogens with zero attached hydrogens (tertiary/aromatic N) is 3. The maximum Gasteiger partial charge on any atom is 0.407 e. The van der Waals surface area contributed by atoms with Crippen LogP contribution in [0.25, 0.3) is 0 Å². The molecule has 130 valence electrons. The van der Waals surface area contributed by atoms with Crippen molar-refractivity contribution in [2.24, 2.45) is 7.05 Å². The van der Waals surface area contributed by atoms with E-state index in [0.29, 0.717) is 31.7 Å². The Kier molecular flexibility index (Phi) is 3.73. The zero-order valence-electron chi connectivity index (χ0n) is 14.1. The maximum atomic E-state index is 13.0. The highest BCUT2D eigenvalue weighted by Gasteiger charge is 2.42. The Hall–Kier alpha value is -2.05. The highest BCUT2D eigenvalue weighted by molar-refractivity contribution is 5.94. The van der Waals surface area contributed by atoms with Crippen molar-refractivity contribution in [1.29, 1.82) is 0 Å². The van der Waals surface area contributed by atoms with Crippen LogP contribution in [0.4, 0.5) is 4.79 Å². The van der Waals surface area contributed by atoms with Gasteiger partial charge in [-0.05, 0) is 38.5 Å². The first-order valence-electron chi connectivity index (χ1n) is 8.89. The van der Waals surface area contributed by atoms with E-state index in [2.05, 4.69) is 10.4 Å². The zero-order valence-corrected chi connectivity index (χ0v) is 14.1. The minimum atomic E-state index is -0.435. The van der Waals surface area contributed by atoms with Crippen LogP contribution < -0.4 is 5.32 Å². The van der Waals surface area contributed by atoms with E-state index in [1.165, 1.54) is 12.1 Å². The number of aryl methyl sites for hydroxylation is 1. The summed E-state index contributed by atoms with van der Waals surface area (Å²) in [5, 5.41) is 7.27. The molecule has 0 bridgehead atoms. The van der Waals surface area contributed by atoms with Gasteiger partial charge in [0.05, 0.1) is 6.54 Å². The van der Waals surface area contributed by atoms with Gasteiger partial charge in [-0.15, -0.1) is 0 Å². The van der Waals surface area contributed by atoms with Crippen LogP contribution in [-0.4, -0.2) is 51.9 Å². The summed E-state index contributed by atoms with van der Waals surface area (Å²) >= 11 is 0. The van der Waals surface area contributed by atoms with Crippen molar-refractivity contribution in [2.45, 2.75) is 50.5 Å². The molecule has 3 heterocycles. The van der Waals surface area contributed by atoms with Crippen LogP contribution >= 0.6 is 0 Å². The first-order valence-corrected chi connectivity index (χ1v) is 8.89. The minimum Gasteiger partial charge on any atom is -0.441 e. The SMILES string of the molecule is Cn1nc(C(=O)N2CCCC3(CC2)CNC(=O)O3)c2c1CCCC2. The van der Waals surface area contributed by atoms with Crippen molar-refractivity contribution in [3.8, 4) is 0 Å². The summed E-state index contributed by atoms with van der Waals surface area (Å²) in [5.74, 6) is 0.0306. The van der Waals surface area contributed by atoms with Gasteiger partial charge >= 0.3 is 6.09 Å². The number of carbonyl (C=O) groups excluding carboxylic acids is 2. The third kappa shape index (κ3) is 2.56. The van der Waals surface area contributed by atoms with Crippen LogP contribution in [0.3, 0.4) is 0 Å². The van der Waals surface area contributed by atoms with Crippen LogP contribution in [0, 0.1) is 0 Å². The van der Waals surface area contributed by atoms with Gasteiger partial charge < -0.3 is 15.0 Å². The predicted octanol–water partition coefficient (Wildman–Crippen LogP) is 1.40. The Bertz CT molecular complexity index is 684. The Morgan fingerprint density at radius 1 is 1.21 bits per heavy atom. The van der Waals surface area contributed by atoms with Crippen LogP contribution in [0.1, 0.15) is 53.8 Å². The monoisotopic (exact) mass is 332 g/mol. The van der Waals surface area contributed by atoms with E-state index >= 15 is 0 Å². The molecule has 1 spiro atoms. The highest BCUT2D eigenvalue weighted by atomic mass is 16.6. The zero-order chi connectivity index (χ0) is 16.7. The molecule has 24 heavy (non-hydrogen) atoms. The second-order valence-corrected chi connectivity index (χ2v) is 7.18. The highest BCUT2D eigenvalue weighted by Crippen LogP contribution is 2.31. The second kappa shape index (κ2) is 5.79. The number of rotatable bonds is 1. The van der Waals surface area contributed by atoms with Gasteiger partial charge in [0.1, 0.15) is 5.60 Å². The summed E-state index contributed by atoms with van der Waals surface area (Å²) in [4.78, 5) is 26.3. The molecule has 1 unspecified atom stereocenters. The predicted molar refractivity (Wildman–Crippen MR) is 86.8 cm³/mol. The first-order chi connectivity index (χ1) is 11.6. The van der Waals surface area contributed by atoms with Gasteiger partial charge in [0.25, 0.3) is 5.91 Å². The molecule has 3 aliphatic rings. The molecule has 2 aliphatic heterocycles. The van der Waals surface area contributed by atoms with Gasteiger partial charge in [0.2, 0.25) is 0 Å². The fourth-order valence-corrected chi connectivity index (χ4v) is 4.25. The largest absolute Gasteiger partial charge is 0.441 e. The topological polar surface area (TPSA) is 76.5 Å². The Morgan fingerprint density at radius 3 is 2.83 bits per heavy atom. The van der Waals surface area contributed by atoms with Crippen molar-refractivity contribution >= 4 is 12.0 Å². The van der Waals surface area contributed by atoms with E-state index in [0.717, 1.165) is 37.7 Å². The lowest BCUT2D eigenvalue weighted by molar-refractivity contribution is 0.0438. The van der Waals surface area contributed by atoms with Crippen LogP contribution in [0.15, 0.2) is 0 Å². The van der Waals surface area contributed by atoms with Gasteiger partial charge in [0, 0.05) is 37.8 Å². The minimum absolute atomic E-state index is 0.0306. The maximum absolute atomic E-state index is 13.0. The number of carbonyl (C=O) groups is 2. The van der Waals surface area contributed by atoms with Crippen molar-refractivity contribution in [1.82, 2.24) is 20.0 Å². The van der Waals surface area contributed by atoms with Crippen molar-refractivity contribution in [2.75, 3.05) is 19.6 Å². The Labute approximate surface area is 141 Å². The molecular weight excluding hydrogens is 308 g/mol. The number of ether oxygens (including phenoxy) is 1. The number of amides is 2. The third-order valence-electron chi connectivity index (χ3n) is 5.62. The molecule has 0 saturated carbocycles. The molecular formula is C17H24N4O3. The smallest absolute Gasteiger partial charge is 0.407 e. The molecule has 1 atom stereocenters. The van der Waals surface area contributed by atoms with Crippen molar-refractivity contribution in [3.05, 3.63) is 17.0 Å². The van der Waals surface area contributed by atoms with Gasteiger partial charge in [-0.25, -0.2) is 4.79 Å². The standard InChI is InChI=1S/C17H24N4O3/c1-20-13-6-3-2-5-12(13)14(19-20)15(22)21-9-4-7-17(8-10-21)11-18-16(23)24-17/h2-11H2,1H3,(H,18,23). The second-order valence-electron chi connectivity index (χ2n) is 7.18. The van der Waals surface area contributed by atoms with Crippen LogP contribution in [0.2, 0.25) is 0 Å². The molecule has 2 saturated heterocycles. The number of hydrogen-bond acceptors (Lipinski definition) is 4. The number of nitrogens with one attached hydrogen (secondary N) is 1. The summed E-state index contributed by atoms with van der Waals surface area (Å²) in [6.45, 7) is 1.86. The summed E-state index contributed by atoms with van der Waals surface area (Å²) < 4.78 is 7.37. The molecule has 2 amide bonds.